The summed E-state index contributed by atoms with van der Waals surface area (Å²) in [6.07, 6.45) is 7.72. The van der Waals surface area contributed by atoms with Crippen molar-refractivity contribution in [1.29, 1.82) is 0 Å². The molecule has 2 rings (SSSR count). The van der Waals surface area contributed by atoms with Crippen LogP contribution in [0, 0.1) is 5.92 Å². The lowest BCUT2D eigenvalue weighted by Crippen LogP contribution is -2.38. The summed E-state index contributed by atoms with van der Waals surface area (Å²) in [4.78, 5) is 7.28. The van der Waals surface area contributed by atoms with Gasteiger partial charge in [0.1, 0.15) is 5.76 Å². The zero-order valence-corrected chi connectivity index (χ0v) is 15.4. The SMILES string of the molecule is CCNC(=NCCCCN1CCC(C)CC1)NCCc1ccco1. The zero-order valence-electron chi connectivity index (χ0n) is 15.4. The van der Waals surface area contributed by atoms with Gasteiger partial charge in [-0.05, 0) is 70.3 Å². The average Bonchev–Trinajstić information content (AvgIpc) is 3.09. The summed E-state index contributed by atoms with van der Waals surface area (Å²) in [5.74, 6) is 2.84. The highest BCUT2D eigenvalue weighted by Crippen LogP contribution is 2.16. The second-order valence-corrected chi connectivity index (χ2v) is 6.75. The molecule has 1 aromatic rings. The molecule has 2 heterocycles. The molecule has 1 aromatic heterocycles. The normalized spacial score (nSPS) is 17.2. The van der Waals surface area contributed by atoms with Crippen LogP contribution in [0.25, 0.3) is 0 Å². The van der Waals surface area contributed by atoms with Crippen LogP contribution in [0.3, 0.4) is 0 Å². The van der Waals surface area contributed by atoms with Crippen LogP contribution in [0.2, 0.25) is 0 Å². The second kappa shape index (κ2) is 11.1. The molecule has 136 valence electrons. The minimum absolute atomic E-state index is 0.839. The molecule has 0 bridgehead atoms. The van der Waals surface area contributed by atoms with Crippen LogP contribution in [0.5, 0.6) is 0 Å². The number of hydrogen-bond acceptors (Lipinski definition) is 3. The van der Waals surface area contributed by atoms with Crippen molar-refractivity contribution in [3.05, 3.63) is 24.2 Å². The summed E-state index contributed by atoms with van der Waals surface area (Å²) >= 11 is 0. The number of furan rings is 1. The van der Waals surface area contributed by atoms with Crippen molar-refractivity contribution in [3.8, 4) is 0 Å². The van der Waals surface area contributed by atoms with Crippen LogP contribution >= 0.6 is 0 Å². The monoisotopic (exact) mass is 334 g/mol. The average molecular weight is 335 g/mol. The van der Waals surface area contributed by atoms with E-state index in [0.29, 0.717) is 0 Å². The van der Waals surface area contributed by atoms with E-state index in [9.17, 15) is 0 Å². The topological polar surface area (TPSA) is 52.8 Å². The van der Waals surface area contributed by atoms with Gasteiger partial charge in [-0.2, -0.15) is 0 Å². The van der Waals surface area contributed by atoms with Crippen LogP contribution in [0.1, 0.15) is 45.3 Å². The van der Waals surface area contributed by atoms with Gasteiger partial charge in [0, 0.05) is 26.1 Å². The fourth-order valence-corrected chi connectivity index (χ4v) is 3.02. The van der Waals surface area contributed by atoms with E-state index in [2.05, 4.69) is 34.4 Å². The van der Waals surface area contributed by atoms with Gasteiger partial charge in [-0.25, -0.2) is 0 Å². The summed E-state index contributed by atoms with van der Waals surface area (Å²) < 4.78 is 5.35. The van der Waals surface area contributed by atoms with Gasteiger partial charge in [0.05, 0.1) is 6.26 Å². The first kappa shape index (κ1) is 18.8. The Bertz CT molecular complexity index is 450. The first-order valence-electron chi connectivity index (χ1n) is 9.55. The number of likely N-dealkylation sites (tertiary alicyclic amines) is 1. The number of piperidine rings is 1. The van der Waals surface area contributed by atoms with Gasteiger partial charge in [-0.1, -0.05) is 6.92 Å². The van der Waals surface area contributed by atoms with Crippen LogP contribution in [0.15, 0.2) is 27.8 Å². The third kappa shape index (κ3) is 7.39. The molecule has 2 N–H and O–H groups in total. The Morgan fingerprint density at radius 1 is 1.29 bits per heavy atom. The molecule has 0 saturated carbocycles. The molecule has 5 heteroatoms. The fourth-order valence-electron chi connectivity index (χ4n) is 3.02. The highest BCUT2D eigenvalue weighted by molar-refractivity contribution is 5.79. The van der Waals surface area contributed by atoms with Gasteiger partial charge < -0.3 is 20.0 Å². The molecule has 0 amide bonds. The zero-order chi connectivity index (χ0) is 17.0. The van der Waals surface area contributed by atoms with E-state index in [1.54, 1.807) is 6.26 Å². The quantitative estimate of drug-likeness (QED) is 0.414. The number of guanidine groups is 1. The van der Waals surface area contributed by atoms with Crippen molar-refractivity contribution < 1.29 is 4.42 Å². The first-order valence-corrected chi connectivity index (χ1v) is 9.55. The molecule has 0 aromatic carbocycles. The predicted molar refractivity (Wildman–Crippen MR) is 100 cm³/mol. The molecule has 0 radical (unpaired) electrons. The molecule has 0 atom stereocenters. The van der Waals surface area contributed by atoms with Gasteiger partial charge in [0.2, 0.25) is 0 Å². The minimum atomic E-state index is 0.839. The standard InChI is InChI=1S/C19H34N4O/c1-3-20-19(22-12-8-18-7-6-16-24-18)21-11-4-5-13-23-14-9-17(2)10-15-23/h6-7,16-17H,3-5,8-15H2,1-2H3,(H2,20,21,22). The number of hydrogen-bond donors (Lipinski definition) is 2. The van der Waals surface area contributed by atoms with Gasteiger partial charge >= 0.3 is 0 Å². The molecule has 5 nitrogen and oxygen atoms in total. The largest absolute Gasteiger partial charge is 0.469 e. The summed E-state index contributed by atoms with van der Waals surface area (Å²) in [5.41, 5.74) is 0. The maximum absolute atomic E-state index is 5.35. The molecule has 24 heavy (non-hydrogen) atoms. The maximum atomic E-state index is 5.35. The number of rotatable bonds is 9. The van der Waals surface area contributed by atoms with Crippen molar-refractivity contribution >= 4 is 5.96 Å². The molecule has 0 aliphatic carbocycles. The molecule has 1 fully saturated rings. The van der Waals surface area contributed by atoms with Crippen molar-refractivity contribution in [2.45, 2.75) is 46.0 Å². The molecule has 1 saturated heterocycles. The van der Waals surface area contributed by atoms with Crippen molar-refractivity contribution in [2.75, 3.05) is 39.3 Å². The lowest BCUT2D eigenvalue weighted by molar-refractivity contribution is 0.190. The van der Waals surface area contributed by atoms with Crippen molar-refractivity contribution in [1.82, 2.24) is 15.5 Å². The second-order valence-electron chi connectivity index (χ2n) is 6.75. The van der Waals surface area contributed by atoms with Crippen LogP contribution in [-0.4, -0.2) is 50.1 Å². The van der Waals surface area contributed by atoms with Gasteiger partial charge in [-0.15, -0.1) is 0 Å². The highest BCUT2D eigenvalue weighted by Gasteiger charge is 2.14. The third-order valence-corrected chi connectivity index (χ3v) is 4.62. The first-order chi connectivity index (χ1) is 11.8. The molecule has 1 aliphatic heterocycles. The Labute approximate surface area is 146 Å². The van der Waals surface area contributed by atoms with Crippen molar-refractivity contribution in [3.63, 3.8) is 0 Å². The van der Waals surface area contributed by atoms with Gasteiger partial charge in [-0.3, -0.25) is 4.99 Å². The summed E-state index contributed by atoms with van der Waals surface area (Å²) in [5, 5.41) is 6.68. The molecule has 1 aliphatic rings. The molecular formula is C19H34N4O. The Morgan fingerprint density at radius 2 is 2.12 bits per heavy atom. The van der Waals surface area contributed by atoms with E-state index >= 15 is 0 Å². The number of nitrogens with one attached hydrogen (secondary N) is 2. The Balaban J connectivity index is 1.58. The van der Waals surface area contributed by atoms with E-state index in [-0.39, 0.29) is 0 Å². The third-order valence-electron chi connectivity index (χ3n) is 4.62. The number of aliphatic imine (C=N–C) groups is 1. The van der Waals surface area contributed by atoms with Gasteiger partial charge in [0.15, 0.2) is 5.96 Å². The van der Waals surface area contributed by atoms with Gasteiger partial charge in [0.25, 0.3) is 0 Å². The van der Waals surface area contributed by atoms with E-state index in [1.165, 1.54) is 38.9 Å². The summed E-state index contributed by atoms with van der Waals surface area (Å²) in [7, 11) is 0. The maximum Gasteiger partial charge on any atom is 0.191 e. The lowest BCUT2D eigenvalue weighted by Gasteiger charge is -2.30. The van der Waals surface area contributed by atoms with E-state index < -0.39 is 0 Å². The minimum Gasteiger partial charge on any atom is -0.469 e. The smallest absolute Gasteiger partial charge is 0.191 e. The van der Waals surface area contributed by atoms with Crippen LogP contribution < -0.4 is 10.6 Å². The Hall–Kier alpha value is -1.49. The van der Waals surface area contributed by atoms with Crippen LogP contribution in [-0.2, 0) is 6.42 Å². The number of unbranched alkanes of at least 4 members (excludes halogenated alkanes) is 1. The fraction of sp³-hybridized carbons (Fsp3) is 0.737. The summed E-state index contributed by atoms with van der Waals surface area (Å²) in [6, 6.07) is 3.94. The number of nitrogens with zero attached hydrogens (tertiary/aromatic N) is 2. The molecular weight excluding hydrogens is 300 g/mol. The van der Waals surface area contributed by atoms with E-state index in [0.717, 1.165) is 50.1 Å². The predicted octanol–water partition coefficient (Wildman–Crippen LogP) is 2.89. The Kier molecular flexibility index (Phi) is 8.74. The summed E-state index contributed by atoms with van der Waals surface area (Å²) in [6.45, 7) is 10.9. The van der Waals surface area contributed by atoms with E-state index in [1.807, 2.05) is 12.1 Å². The van der Waals surface area contributed by atoms with Crippen LogP contribution in [0.4, 0.5) is 0 Å². The van der Waals surface area contributed by atoms with E-state index in [4.69, 9.17) is 4.42 Å². The lowest BCUT2D eigenvalue weighted by atomic mass is 9.99. The van der Waals surface area contributed by atoms with Crippen molar-refractivity contribution in [2.24, 2.45) is 10.9 Å². The molecule has 0 spiro atoms. The Morgan fingerprint density at radius 3 is 2.83 bits per heavy atom. The molecule has 0 unspecified atom stereocenters. The highest BCUT2D eigenvalue weighted by atomic mass is 16.3.